The number of allylic oxidation sites excluding steroid dienone is 2. The quantitative estimate of drug-likeness (QED) is 0.761. The third-order valence-corrected chi connectivity index (χ3v) is 3.69. The molecule has 0 saturated carbocycles. The van der Waals surface area contributed by atoms with Gasteiger partial charge in [0.15, 0.2) is 0 Å². The van der Waals surface area contributed by atoms with Crippen molar-refractivity contribution in [1.29, 1.82) is 0 Å². The van der Waals surface area contributed by atoms with Crippen molar-refractivity contribution in [1.82, 2.24) is 4.90 Å². The summed E-state index contributed by atoms with van der Waals surface area (Å²) in [5.74, 6) is -0.564. The number of carboxylic acid groups (broad SMARTS) is 1. The van der Waals surface area contributed by atoms with Crippen LogP contribution in [0.3, 0.4) is 0 Å². The third-order valence-electron chi connectivity index (χ3n) is 3.69. The van der Waals surface area contributed by atoms with Crippen LogP contribution >= 0.6 is 0 Å². The Labute approximate surface area is 101 Å². The van der Waals surface area contributed by atoms with Gasteiger partial charge in [-0.15, -0.1) is 0 Å². The average Bonchev–Trinajstić information content (AvgIpc) is 2.76. The molecule has 0 aromatic carbocycles. The lowest BCUT2D eigenvalue weighted by Gasteiger charge is -2.28. The molecule has 1 aliphatic carbocycles. The summed E-state index contributed by atoms with van der Waals surface area (Å²) < 4.78 is 0. The summed E-state index contributed by atoms with van der Waals surface area (Å²) in [6.07, 6.45) is 8.73. The van der Waals surface area contributed by atoms with Crippen molar-refractivity contribution in [3.8, 4) is 0 Å². The van der Waals surface area contributed by atoms with Crippen LogP contribution in [-0.4, -0.2) is 34.5 Å². The molecule has 2 rings (SSSR count). The molecule has 0 aromatic heterocycles. The molecule has 2 unspecified atom stereocenters. The van der Waals surface area contributed by atoms with Crippen LogP contribution in [0.1, 0.15) is 38.5 Å². The Morgan fingerprint density at radius 3 is 2.76 bits per heavy atom. The molecule has 1 amide bonds. The van der Waals surface area contributed by atoms with Gasteiger partial charge in [-0.1, -0.05) is 12.2 Å². The molecule has 94 valence electrons. The lowest BCUT2D eigenvalue weighted by molar-refractivity contribution is -0.141. The Bertz CT molecular complexity index is 338. The zero-order valence-corrected chi connectivity index (χ0v) is 9.97. The molecule has 1 fully saturated rings. The van der Waals surface area contributed by atoms with E-state index in [1.807, 2.05) is 0 Å². The number of rotatable bonds is 3. The van der Waals surface area contributed by atoms with Crippen LogP contribution in [0.2, 0.25) is 0 Å². The summed E-state index contributed by atoms with van der Waals surface area (Å²) in [7, 11) is 0. The van der Waals surface area contributed by atoms with Crippen molar-refractivity contribution in [2.24, 2.45) is 5.92 Å². The van der Waals surface area contributed by atoms with E-state index in [2.05, 4.69) is 12.2 Å². The first-order valence-corrected chi connectivity index (χ1v) is 6.35. The van der Waals surface area contributed by atoms with Crippen LogP contribution < -0.4 is 0 Å². The highest BCUT2D eigenvalue weighted by Gasteiger charge is 2.33. The summed E-state index contributed by atoms with van der Waals surface area (Å²) in [6.45, 7) is 0.733. The minimum atomic E-state index is -0.807. The number of hydrogen-bond donors (Lipinski definition) is 1. The Balaban J connectivity index is 1.97. The van der Waals surface area contributed by atoms with Gasteiger partial charge >= 0.3 is 5.97 Å². The summed E-state index contributed by atoms with van der Waals surface area (Å²) in [5.41, 5.74) is 0. The van der Waals surface area contributed by atoms with Gasteiger partial charge in [-0.2, -0.15) is 0 Å². The molecular formula is C13H19NO3. The van der Waals surface area contributed by atoms with Gasteiger partial charge in [-0.3, -0.25) is 9.59 Å². The maximum absolute atomic E-state index is 12.3. The Morgan fingerprint density at radius 2 is 2.12 bits per heavy atom. The highest BCUT2D eigenvalue weighted by Crippen LogP contribution is 2.27. The van der Waals surface area contributed by atoms with E-state index in [1.54, 1.807) is 4.90 Å². The first-order valence-electron chi connectivity index (χ1n) is 6.35. The molecule has 1 N–H and O–H groups in total. The fourth-order valence-electron chi connectivity index (χ4n) is 2.79. The van der Waals surface area contributed by atoms with Gasteiger partial charge in [0.2, 0.25) is 5.91 Å². The van der Waals surface area contributed by atoms with E-state index < -0.39 is 5.97 Å². The number of hydrogen-bond acceptors (Lipinski definition) is 2. The van der Waals surface area contributed by atoms with E-state index in [0.29, 0.717) is 0 Å². The molecule has 1 saturated heterocycles. The summed E-state index contributed by atoms with van der Waals surface area (Å²) in [6, 6.07) is -0.0779. The molecule has 0 spiro atoms. The van der Waals surface area contributed by atoms with Crippen LogP contribution in [0.15, 0.2) is 12.2 Å². The van der Waals surface area contributed by atoms with Crippen LogP contribution in [-0.2, 0) is 9.59 Å². The second-order valence-corrected chi connectivity index (χ2v) is 4.91. The topological polar surface area (TPSA) is 57.6 Å². The van der Waals surface area contributed by atoms with Gasteiger partial charge in [-0.05, 0) is 32.1 Å². The number of nitrogens with zero attached hydrogens (tertiary/aromatic N) is 1. The van der Waals surface area contributed by atoms with Crippen molar-refractivity contribution in [3.63, 3.8) is 0 Å². The van der Waals surface area contributed by atoms with E-state index in [0.717, 1.165) is 38.6 Å². The second-order valence-electron chi connectivity index (χ2n) is 4.91. The molecule has 2 atom stereocenters. The molecule has 0 radical (unpaired) electrons. The van der Waals surface area contributed by atoms with E-state index >= 15 is 0 Å². The van der Waals surface area contributed by atoms with Gasteiger partial charge in [0, 0.05) is 18.5 Å². The maximum atomic E-state index is 12.3. The average molecular weight is 237 g/mol. The Hall–Kier alpha value is -1.32. The molecular weight excluding hydrogens is 218 g/mol. The third kappa shape index (κ3) is 2.87. The summed E-state index contributed by atoms with van der Waals surface area (Å²) in [4.78, 5) is 24.8. The van der Waals surface area contributed by atoms with E-state index in [9.17, 15) is 9.59 Å². The molecule has 1 aliphatic heterocycles. The monoisotopic (exact) mass is 237 g/mol. The highest BCUT2D eigenvalue weighted by atomic mass is 16.4. The summed E-state index contributed by atoms with van der Waals surface area (Å²) >= 11 is 0. The van der Waals surface area contributed by atoms with Gasteiger partial charge in [0.25, 0.3) is 0 Å². The number of carboxylic acids is 1. The molecule has 17 heavy (non-hydrogen) atoms. The predicted octanol–water partition coefficient (Wildman–Crippen LogP) is 1.81. The van der Waals surface area contributed by atoms with E-state index in [-0.39, 0.29) is 24.3 Å². The SMILES string of the molecule is O=C(O)CC1CCCN1C(=O)C1CC=CCC1. The predicted molar refractivity (Wildman–Crippen MR) is 63.5 cm³/mol. The van der Waals surface area contributed by atoms with Crippen molar-refractivity contribution >= 4 is 11.9 Å². The highest BCUT2D eigenvalue weighted by molar-refractivity contribution is 5.80. The maximum Gasteiger partial charge on any atom is 0.305 e. The molecule has 1 heterocycles. The van der Waals surface area contributed by atoms with E-state index in [4.69, 9.17) is 5.11 Å². The number of aliphatic carboxylic acids is 1. The first kappa shape index (κ1) is 12.1. The van der Waals surface area contributed by atoms with Gasteiger partial charge in [0.05, 0.1) is 6.42 Å². The number of carbonyl (C=O) groups is 2. The fourth-order valence-corrected chi connectivity index (χ4v) is 2.79. The van der Waals surface area contributed by atoms with Crippen molar-refractivity contribution in [2.45, 2.75) is 44.6 Å². The van der Waals surface area contributed by atoms with Crippen LogP contribution in [0.4, 0.5) is 0 Å². The van der Waals surface area contributed by atoms with Crippen molar-refractivity contribution in [3.05, 3.63) is 12.2 Å². The zero-order valence-electron chi connectivity index (χ0n) is 9.97. The van der Waals surface area contributed by atoms with Gasteiger partial charge in [-0.25, -0.2) is 0 Å². The number of amides is 1. The second kappa shape index (κ2) is 5.34. The molecule has 2 aliphatic rings. The van der Waals surface area contributed by atoms with E-state index in [1.165, 1.54) is 0 Å². The standard InChI is InChI=1S/C13H19NO3/c15-12(16)9-11-7-4-8-14(11)13(17)10-5-2-1-3-6-10/h1-2,10-11H,3-9H2,(H,15,16). The zero-order chi connectivity index (χ0) is 12.3. The normalized spacial score (nSPS) is 28.4. The van der Waals surface area contributed by atoms with Crippen LogP contribution in [0.25, 0.3) is 0 Å². The van der Waals surface area contributed by atoms with Crippen LogP contribution in [0.5, 0.6) is 0 Å². The first-order chi connectivity index (χ1) is 8.18. The fraction of sp³-hybridized carbons (Fsp3) is 0.692. The number of carbonyl (C=O) groups excluding carboxylic acids is 1. The molecule has 4 heteroatoms. The largest absolute Gasteiger partial charge is 0.481 e. The van der Waals surface area contributed by atoms with Crippen molar-refractivity contribution in [2.75, 3.05) is 6.54 Å². The lowest BCUT2D eigenvalue weighted by atomic mass is 9.93. The van der Waals surface area contributed by atoms with Crippen molar-refractivity contribution < 1.29 is 14.7 Å². The summed E-state index contributed by atoms with van der Waals surface area (Å²) in [5, 5.41) is 8.83. The smallest absolute Gasteiger partial charge is 0.305 e. The molecule has 0 aromatic rings. The Morgan fingerprint density at radius 1 is 1.29 bits per heavy atom. The molecule has 4 nitrogen and oxygen atoms in total. The van der Waals surface area contributed by atoms with Crippen LogP contribution in [0, 0.1) is 5.92 Å². The molecule has 0 bridgehead atoms. The van der Waals surface area contributed by atoms with Gasteiger partial charge < -0.3 is 10.0 Å². The minimum Gasteiger partial charge on any atom is -0.481 e. The van der Waals surface area contributed by atoms with Gasteiger partial charge in [0.1, 0.15) is 0 Å². The number of likely N-dealkylation sites (tertiary alicyclic amines) is 1. The lowest BCUT2D eigenvalue weighted by Crippen LogP contribution is -2.40. The minimum absolute atomic E-state index is 0.0779. The Kier molecular flexibility index (Phi) is 3.82.